The predicted molar refractivity (Wildman–Crippen MR) is 68.8 cm³/mol. The van der Waals surface area contributed by atoms with Crippen LogP contribution < -0.4 is 11.5 Å². The molecule has 9 heteroatoms. The third-order valence-electron chi connectivity index (χ3n) is 3.26. The van der Waals surface area contributed by atoms with Crippen LogP contribution in [0.5, 0.6) is 0 Å². The maximum Gasteiger partial charge on any atom is 0.430 e. The van der Waals surface area contributed by atoms with E-state index in [9.17, 15) is 31.4 Å². The molecule has 0 radical (unpaired) electrons. The van der Waals surface area contributed by atoms with E-state index < -0.39 is 34.6 Å². The standard InChI is InChI=1S/C13H10F6N2O/c14-12(15,16)11(22,13(17,18)19)10-8-3-2-7(20)5-6(8)1-4-9(10)21/h1-5,22H,20-21H2. The second kappa shape index (κ2) is 4.67. The second-order valence-corrected chi connectivity index (χ2v) is 4.72. The number of anilines is 2. The first kappa shape index (κ1) is 16.2. The molecule has 2 aromatic rings. The fraction of sp³-hybridized carbons (Fsp3) is 0.231. The van der Waals surface area contributed by atoms with Crippen LogP contribution in [-0.4, -0.2) is 17.5 Å². The minimum Gasteiger partial charge on any atom is -0.399 e. The van der Waals surface area contributed by atoms with E-state index >= 15 is 0 Å². The van der Waals surface area contributed by atoms with Gasteiger partial charge in [0.25, 0.3) is 5.60 Å². The summed E-state index contributed by atoms with van der Waals surface area (Å²) in [6, 6.07) is 5.35. The van der Waals surface area contributed by atoms with Crippen LogP contribution in [0.1, 0.15) is 5.56 Å². The van der Waals surface area contributed by atoms with Crippen LogP contribution >= 0.6 is 0 Å². The van der Waals surface area contributed by atoms with E-state index in [4.69, 9.17) is 11.5 Å². The topological polar surface area (TPSA) is 72.3 Å². The van der Waals surface area contributed by atoms with Gasteiger partial charge in [0.05, 0.1) is 0 Å². The average Bonchev–Trinajstić information content (AvgIpc) is 2.35. The van der Waals surface area contributed by atoms with Gasteiger partial charge >= 0.3 is 12.4 Å². The first-order valence-electron chi connectivity index (χ1n) is 5.83. The van der Waals surface area contributed by atoms with Gasteiger partial charge in [0.15, 0.2) is 0 Å². The molecule has 0 aliphatic carbocycles. The minimum atomic E-state index is -6.00. The second-order valence-electron chi connectivity index (χ2n) is 4.72. The highest BCUT2D eigenvalue weighted by Gasteiger charge is 2.72. The average molecular weight is 324 g/mol. The van der Waals surface area contributed by atoms with Gasteiger partial charge in [-0.15, -0.1) is 0 Å². The van der Waals surface area contributed by atoms with Crippen molar-refractivity contribution in [1.29, 1.82) is 0 Å². The molecule has 0 aliphatic rings. The van der Waals surface area contributed by atoms with Crippen molar-refractivity contribution in [2.24, 2.45) is 0 Å². The van der Waals surface area contributed by atoms with Crippen molar-refractivity contribution in [2.45, 2.75) is 18.0 Å². The fourth-order valence-electron chi connectivity index (χ4n) is 2.21. The molecule has 0 amide bonds. The highest BCUT2D eigenvalue weighted by molar-refractivity contribution is 5.92. The van der Waals surface area contributed by atoms with Crippen molar-refractivity contribution in [3.05, 3.63) is 35.9 Å². The molecule has 2 aromatic carbocycles. The molecule has 0 heterocycles. The van der Waals surface area contributed by atoms with E-state index in [0.717, 1.165) is 18.2 Å². The van der Waals surface area contributed by atoms with Gasteiger partial charge in [-0.1, -0.05) is 12.1 Å². The van der Waals surface area contributed by atoms with E-state index in [-0.39, 0.29) is 11.1 Å². The Bertz CT molecular complexity index is 709. The molecule has 120 valence electrons. The molecule has 0 atom stereocenters. The van der Waals surface area contributed by atoms with Gasteiger partial charge in [0.1, 0.15) is 0 Å². The third kappa shape index (κ3) is 2.21. The Balaban J connectivity index is 2.95. The quantitative estimate of drug-likeness (QED) is 0.557. The van der Waals surface area contributed by atoms with E-state index in [2.05, 4.69) is 0 Å². The number of nitrogens with two attached hydrogens (primary N) is 2. The molecular weight excluding hydrogens is 314 g/mol. The maximum absolute atomic E-state index is 13.0. The molecule has 0 fully saturated rings. The molecular formula is C13H10F6N2O. The predicted octanol–water partition coefficient (Wildman–Crippen LogP) is 3.32. The van der Waals surface area contributed by atoms with Crippen molar-refractivity contribution in [3.63, 3.8) is 0 Å². The van der Waals surface area contributed by atoms with Crippen LogP contribution in [0.3, 0.4) is 0 Å². The lowest BCUT2D eigenvalue weighted by molar-refractivity contribution is -0.375. The molecule has 5 N–H and O–H groups in total. The molecule has 22 heavy (non-hydrogen) atoms. The minimum absolute atomic E-state index is 0.00359. The van der Waals surface area contributed by atoms with Gasteiger partial charge in [-0.05, 0) is 29.0 Å². The Kier molecular flexibility index (Phi) is 3.44. The number of alkyl halides is 6. The van der Waals surface area contributed by atoms with Crippen molar-refractivity contribution in [3.8, 4) is 0 Å². The maximum atomic E-state index is 13.0. The molecule has 3 nitrogen and oxygen atoms in total. The lowest BCUT2D eigenvalue weighted by Gasteiger charge is -2.34. The van der Waals surface area contributed by atoms with Gasteiger partial charge in [-0.3, -0.25) is 0 Å². The zero-order chi connectivity index (χ0) is 16.9. The molecule has 0 aromatic heterocycles. The largest absolute Gasteiger partial charge is 0.430 e. The van der Waals surface area contributed by atoms with Crippen molar-refractivity contribution in [1.82, 2.24) is 0 Å². The number of hydrogen-bond acceptors (Lipinski definition) is 3. The van der Waals surface area contributed by atoms with Crippen LogP contribution in [-0.2, 0) is 5.60 Å². The molecule has 0 aliphatic heterocycles. The molecule has 0 unspecified atom stereocenters. The summed E-state index contributed by atoms with van der Waals surface area (Å²) in [6.45, 7) is 0. The zero-order valence-electron chi connectivity index (χ0n) is 10.8. The summed E-state index contributed by atoms with van der Waals surface area (Å²) in [5.74, 6) is 0. The summed E-state index contributed by atoms with van der Waals surface area (Å²) in [4.78, 5) is 0. The van der Waals surface area contributed by atoms with Crippen molar-refractivity contribution in [2.75, 3.05) is 11.5 Å². The lowest BCUT2D eigenvalue weighted by atomic mass is 9.86. The Morgan fingerprint density at radius 1 is 0.818 bits per heavy atom. The number of halogens is 6. The number of hydrogen-bond donors (Lipinski definition) is 3. The Morgan fingerprint density at radius 2 is 1.36 bits per heavy atom. The van der Waals surface area contributed by atoms with E-state index in [0.29, 0.717) is 0 Å². The lowest BCUT2D eigenvalue weighted by Crippen LogP contribution is -2.54. The monoisotopic (exact) mass is 324 g/mol. The number of fused-ring (bicyclic) bond motifs is 1. The van der Waals surface area contributed by atoms with Crippen LogP contribution in [0, 0.1) is 0 Å². The molecule has 0 bridgehead atoms. The Hall–Kier alpha value is -2.16. The molecule has 0 saturated heterocycles. The first-order valence-corrected chi connectivity index (χ1v) is 5.83. The normalized spacial score (nSPS) is 13.6. The van der Waals surface area contributed by atoms with Crippen LogP contribution in [0.15, 0.2) is 30.3 Å². The number of rotatable bonds is 1. The van der Waals surface area contributed by atoms with E-state index in [1.807, 2.05) is 0 Å². The van der Waals surface area contributed by atoms with Gasteiger partial charge in [-0.2, -0.15) is 26.3 Å². The number of benzene rings is 2. The summed E-state index contributed by atoms with van der Waals surface area (Å²) >= 11 is 0. The van der Waals surface area contributed by atoms with E-state index in [1.54, 1.807) is 0 Å². The van der Waals surface area contributed by atoms with Crippen LogP contribution in [0.4, 0.5) is 37.7 Å². The zero-order valence-corrected chi connectivity index (χ0v) is 10.8. The molecule has 2 rings (SSSR count). The fourth-order valence-corrected chi connectivity index (χ4v) is 2.21. The highest BCUT2D eigenvalue weighted by atomic mass is 19.4. The molecule has 0 spiro atoms. The van der Waals surface area contributed by atoms with Gasteiger partial charge < -0.3 is 16.6 Å². The smallest absolute Gasteiger partial charge is 0.399 e. The van der Waals surface area contributed by atoms with Crippen molar-refractivity contribution < 1.29 is 31.4 Å². The summed E-state index contributed by atoms with van der Waals surface area (Å²) in [7, 11) is 0. The highest BCUT2D eigenvalue weighted by Crippen LogP contribution is 2.53. The Labute approximate surface area is 120 Å². The first-order chi connectivity index (χ1) is 9.89. The van der Waals surface area contributed by atoms with Gasteiger partial charge in [0, 0.05) is 16.9 Å². The number of aliphatic hydroxyl groups is 1. The third-order valence-corrected chi connectivity index (χ3v) is 3.26. The van der Waals surface area contributed by atoms with Crippen LogP contribution in [0.2, 0.25) is 0 Å². The SMILES string of the molecule is Nc1ccc2c(C(O)(C(F)(F)F)C(F)(F)F)c(N)ccc2c1. The van der Waals surface area contributed by atoms with Gasteiger partial charge in [0.2, 0.25) is 0 Å². The Morgan fingerprint density at radius 3 is 1.86 bits per heavy atom. The van der Waals surface area contributed by atoms with Crippen LogP contribution in [0.25, 0.3) is 10.8 Å². The summed E-state index contributed by atoms with van der Waals surface area (Å²) in [6.07, 6.45) is -12.0. The summed E-state index contributed by atoms with van der Waals surface area (Å²) in [5, 5.41) is 9.06. The number of nitrogen functional groups attached to an aromatic ring is 2. The van der Waals surface area contributed by atoms with Crippen molar-refractivity contribution >= 4 is 22.1 Å². The molecule has 0 saturated carbocycles. The van der Waals surface area contributed by atoms with E-state index in [1.165, 1.54) is 12.1 Å². The van der Waals surface area contributed by atoms with Gasteiger partial charge in [-0.25, -0.2) is 0 Å². The summed E-state index contributed by atoms with van der Waals surface area (Å²) < 4.78 is 78.1. The summed E-state index contributed by atoms with van der Waals surface area (Å²) in [5.41, 5.74) is 3.55.